The zero-order valence-corrected chi connectivity index (χ0v) is 12.8. The Labute approximate surface area is 136 Å². The fraction of sp³-hybridized carbons (Fsp3) is 0.500. The molecule has 0 spiro atoms. The van der Waals surface area contributed by atoms with Gasteiger partial charge in [-0.15, -0.1) is 0 Å². The maximum absolute atomic E-state index is 11.7. The summed E-state index contributed by atoms with van der Waals surface area (Å²) in [6, 6.07) is 0. The standard InChI is InChI=1S/C14H17N5O5/c1-14(23)10(22)7(4-20)24-13(14)19-3-6-9-11(16-5-17-12(9)19)18-8(21)2-15-6/h3,5,7,10,13,15,20,22-23H,2,4H2,1H3,(H,16,17,18,21)/t7-,10-,13?,14+/m1/s1. The van der Waals surface area contributed by atoms with E-state index < -0.39 is 30.6 Å². The van der Waals surface area contributed by atoms with E-state index in [1.54, 1.807) is 10.8 Å². The topological polar surface area (TPSA) is 142 Å². The molecule has 2 aliphatic heterocycles. The number of carbonyl (C=O) groups is 1. The molecule has 10 nitrogen and oxygen atoms in total. The molecule has 24 heavy (non-hydrogen) atoms. The lowest BCUT2D eigenvalue weighted by molar-refractivity contribution is -0.114. The second-order valence-electron chi connectivity index (χ2n) is 6.15. The molecule has 4 heterocycles. The molecular formula is C14H17N5O5. The molecule has 1 amide bonds. The average molecular weight is 335 g/mol. The van der Waals surface area contributed by atoms with Crippen molar-refractivity contribution in [2.45, 2.75) is 31.0 Å². The molecule has 4 atom stereocenters. The molecular weight excluding hydrogens is 318 g/mol. The Kier molecular flexibility index (Phi) is 3.25. The van der Waals surface area contributed by atoms with Gasteiger partial charge in [0.25, 0.3) is 0 Å². The summed E-state index contributed by atoms with van der Waals surface area (Å²) in [5.74, 6) is 0.137. The summed E-state index contributed by atoms with van der Waals surface area (Å²) in [4.78, 5) is 20.0. The molecule has 1 saturated heterocycles. The highest BCUT2D eigenvalue weighted by molar-refractivity contribution is 6.08. The van der Waals surface area contributed by atoms with Crippen LogP contribution in [-0.2, 0) is 9.53 Å². The van der Waals surface area contributed by atoms with Gasteiger partial charge in [-0.2, -0.15) is 0 Å². The summed E-state index contributed by atoms with van der Waals surface area (Å²) in [6.07, 6.45) is -0.175. The number of hydrogen-bond acceptors (Lipinski definition) is 8. The van der Waals surface area contributed by atoms with Crippen molar-refractivity contribution in [2.75, 3.05) is 23.8 Å². The summed E-state index contributed by atoms with van der Waals surface area (Å²) in [5.41, 5.74) is -0.587. The summed E-state index contributed by atoms with van der Waals surface area (Å²) >= 11 is 0. The molecule has 0 saturated carbocycles. The van der Waals surface area contributed by atoms with Crippen LogP contribution >= 0.6 is 0 Å². The van der Waals surface area contributed by atoms with E-state index in [9.17, 15) is 20.1 Å². The fourth-order valence-corrected chi connectivity index (χ4v) is 3.23. The molecule has 0 bridgehead atoms. The predicted octanol–water partition coefficient (Wildman–Crippen LogP) is -1.20. The number of amides is 1. The lowest BCUT2D eigenvalue weighted by atomic mass is 9.96. The normalized spacial score (nSPS) is 32.5. The van der Waals surface area contributed by atoms with Crippen LogP contribution in [0.1, 0.15) is 13.2 Å². The third-order valence-corrected chi connectivity index (χ3v) is 4.49. The van der Waals surface area contributed by atoms with Crippen molar-refractivity contribution >= 4 is 28.4 Å². The van der Waals surface area contributed by atoms with Gasteiger partial charge in [0, 0.05) is 6.20 Å². The van der Waals surface area contributed by atoms with Crippen molar-refractivity contribution < 1.29 is 24.9 Å². The smallest absolute Gasteiger partial charge is 0.244 e. The highest BCUT2D eigenvalue weighted by Crippen LogP contribution is 2.42. The van der Waals surface area contributed by atoms with Gasteiger partial charge in [0.2, 0.25) is 5.91 Å². The molecule has 0 aromatic carbocycles. The van der Waals surface area contributed by atoms with E-state index in [2.05, 4.69) is 20.6 Å². The Morgan fingerprint density at radius 3 is 3.00 bits per heavy atom. The molecule has 1 unspecified atom stereocenters. The van der Waals surface area contributed by atoms with Gasteiger partial charge in [0.05, 0.1) is 24.2 Å². The quantitative estimate of drug-likeness (QED) is 0.460. The van der Waals surface area contributed by atoms with Gasteiger partial charge in [-0.25, -0.2) is 9.97 Å². The van der Waals surface area contributed by atoms with Gasteiger partial charge in [0.1, 0.15) is 35.6 Å². The molecule has 0 radical (unpaired) electrons. The van der Waals surface area contributed by atoms with Crippen LogP contribution in [0.3, 0.4) is 0 Å². The Balaban J connectivity index is 1.87. The number of aliphatic hydroxyl groups is 3. The Morgan fingerprint density at radius 2 is 2.29 bits per heavy atom. The molecule has 2 aromatic heterocycles. The van der Waals surface area contributed by atoms with E-state index in [0.29, 0.717) is 22.5 Å². The van der Waals surface area contributed by atoms with Crippen LogP contribution in [0.25, 0.3) is 11.0 Å². The third kappa shape index (κ3) is 2.01. The van der Waals surface area contributed by atoms with E-state index in [1.165, 1.54) is 13.3 Å². The van der Waals surface area contributed by atoms with Crippen molar-refractivity contribution in [3.63, 3.8) is 0 Å². The molecule has 4 rings (SSSR count). The van der Waals surface area contributed by atoms with Crippen LogP contribution in [-0.4, -0.2) is 66.7 Å². The molecule has 10 heteroatoms. The van der Waals surface area contributed by atoms with Crippen molar-refractivity contribution in [1.29, 1.82) is 0 Å². The molecule has 1 fully saturated rings. The molecule has 5 N–H and O–H groups in total. The first-order valence-electron chi connectivity index (χ1n) is 7.49. The van der Waals surface area contributed by atoms with Gasteiger partial charge in [-0.05, 0) is 6.92 Å². The highest BCUT2D eigenvalue weighted by atomic mass is 16.6. The number of nitrogens with one attached hydrogen (secondary N) is 2. The van der Waals surface area contributed by atoms with Crippen molar-refractivity contribution in [1.82, 2.24) is 14.5 Å². The van der Waals surface area contributed by atoms with Crippen LogP contribution in [0.15, 0.2) is 12.5 Å². The molecule has 2 aromatic rings. The Bertz CT molecular complexity index is 819. The van der Waals surface area contributed by atoms with Gasteiger partial charge < -0.3 is 35.3 Å². The second kappa shape index (κ2) is 5.11. The maximum Gasteiger partial charge on any atom is 0.244 e. The summed E-state index contributed by atoms with van der Waals surface area (Å²) in [6.45, 7) is 1.08. The van der Waals surface area contributed by atoms with Crippen molar-refractivity contribution in [3.05, 3.63) is 12.5 Å². The van der Waals surface area contributed by atoms with E-state index in [4.69, 9.17) is 4.74 Å². The van der Waals surface area contributed by atoms with Crippen LogP contribution in [0.4, 0.5) is 11.5 Å². The largest absolute Gasteiger partial charge is 0.394 e. The van der Waals surface area contributed by atoms with Gasteiger partial charge in [-0.1, -0.05) is 0 Å². The highest BCUT2D eigenvalue weighted by Gasteiger charge is 2.53. The van der Waals surface area contributed by atoms with Crippen LogP contribution in [0.2, 0.25) is 0 Å². The maximum atomic E-state index is 11.7. The van der Waals surface area contributed by atoms with Crippen molar-refractivity contribution in [3.8, 4) is 0 Å². The summed E-state index contributed by atoms with van der Waals surface area (Å²) in [5, 5.41) is 36.4. The predicted molar refractivity (Wildman–Crippen MR) is 82.3 cm³/mol. The first kappa shape index (κ1) is 15.3. The molecule has 128 valence electrons. The minimum Gasteiger partial charge on any atom is -0.394 e. The first-order chi connectivity index (χ1) is 11.4. The van der Waals surface area contributed by atoms with Gasteiger partial charge >= 0.3 is 0 Å². The number of aromatic nitrogens is 3. The summed E-state index contributed by atoms with van der Waals surface area (Å²) in [7, 11) is 0. The second-order valence-corrected chi connectivity index (χ2v) is 6.15. The number of aliphatic hydroxyl groups excluding tert-OH is 2. The lowest BCUT2D eigenvalue weighted by Gasteiger charge is -2.27. The fourth-order valence-electron chi connectivity index (χ4n) is 3.23. The lowest BCUT2D eigenvalue weighted by Crippen LogP contribution is -2.44. The third-order valence-electron chi connectivity index (χ3n) is 4.49. The van der Waals surface area contributed by atoms with E-state index in [-0.39, 0.29) is 12.5 Å². The minimum absolute atomic E-state index is 0.0687. The Morgan fingerprint density at radius 1 is 1.50 bits per heavy atom. The molecule has 2 aliphatic rings. The zero-order chi connectivity index (χ0) is 17.1. The summed E-state index contributed by atoms with van der Waals surface area (Å²) < 4.78 is 7.21. The number of hydrogen-bond donors (Lipinski definition) is 5. The average Bonchev–Trinajstić information content (AvgIpc) is 2.95. The van der Waals surface area contributed by atoms with Gasteiger partial charge in [-0.3, -0.25) is 4.79 Å². The first-order valence-corrected chi connectivity index (χ1v) is 7.49. The molecule has 0 aliphatic carbocycles. The Hall–Kier alpha value is -2.27. The van der Waals surface area contributed by atoms with Crippen molar-refractivity contribution in [2.24, 2.45) is 0 Å². The van der Waals surface area contributed by atoms with Gasteiger partial charge in [0.15, 0.2) is 6.23 Å². The van der Waals surface area contributed by atoms with Crippen LogP contribution in [0.5, 0.6) is 0 Å². The number of rotatable bonds is 2. The monoisotopic (exact) mass is 335 g/mol. The number of ether oxygens (including phenoxy) is 1. The minimum atomic E-state index is -1.63. The number of carbonyl (C=O) groups excluding carboxylic acids is 1. The van der Waals surface area contributed by atoms with E-state index in [0.717, 1.165) is 0 Å². The SMILES string of the molecule is C[C@@]1(O)C(n2cc3c4c(ncnc42)NC(=O)CN3)O[C@H](CO)[C@H]1O. The van der Waals surface area contributed by atoms with Crippen LogP contribution < -0.4 is 10.6 Å². The number of anilines is 2. The zero-order valence-electron chi connectivity index (χ0n) is 12.8. The van der Waals surface area contributed by atoms with E-state index in [1.807, 2.05) is 0 Å². The number of nitrogens with zero attached hydrogens (tertiary/aromatic N) is 3. The van der Waals surface area contributed by atoms with E-state index >= 15 is 0 Å². The van der Waals surface area contributed by atoms with Crippen LogP contribution in [0, 0.1) is 0 Å².